The summed E-state index contributed by atoms with van der Waals surface area (Å²) in [6.45, 7) is 0. The topological polar surface area (TPSA) is 48.8 Å². The number of benzene rings is 7. The van der Waals surface area contributed by atoms with Crippen molar-refractivity contribution < 1.29 is 4.42 Å². The zero-order chi connectivity index (χ0) is 36.0. The van der Waals surface area contributed by atoms with E-state index in [0.717, 1.165) is 90.3 Å². The fraction of sp³-hybridized carbons (Fsp3) is 0.0400. The van der Waals surface area contributed by atoms with Crippen LogP contribution in [0.25, 0.3) is 106 Å². The average Bonchev–Trinajstić information content (AvgIpc) is 3.92. The van der Waals surface area contributed by atoms with Crippen LogP contribution in [0, 0.1) is 0 Å². The molecule has 258 valence electrons. The van der Waals surface area contributed by atoms with Crippen LogP contribution in [0.2, 0.25) is 0 Å². The molecule has 1 aliphatic carbocycles. The maximum absolute atomic E-state index is 6.94. The first-order valence-corrected chi connectivity index (χ1v) is 18.9. The number of allylic oxidation sites excluding steroid dienone is 1. The molecule has 0 fully saturated rings. The largest absolute Gasteiger partial charge is 0.460 e. The van der Waals surface area contributed by atoms with Crippen LogP contribution < -0.4 is 0 Å². The van der Waals surface area contributed by atoms with E-state index in [-0.39, 0.29) is 0 Å². The minimum Gasteiger partial charge on any atom is -0.460 e. The molecular weight excluding hydrogens is 673 g/mol. The Morgan fingerprint density at radius 3 is 1.98 bits per heavy atom. The summed E-state index contributed by atoms with van der Waals surface area (Å²) in [5, 5.41) is 6.74. The van der Waals surface area contributed by atoms with Gasteiger partial charge in [0.25, 0.3) is 0 Å². The van der Waals surface area contributed by atoms with Crippen molar-refractivity contribution in [1.82, 2.24) is 19.1 Å². The Morgan fingerprint density at radius 1 is 0.491 bits per heavy atom. The second-order valence-corrected chi connectivity index (χ2v) is 14.4. The van der Waals surface area contributed by atoms with E-state index in [4.69, 9.17) is 14.4 Å². The molecule has 0 atom stereocenters. The molecule has 0 radical (unpaired) electrons. The van der Waals surface area contributed by atoms with Crippen LogP contribution in [0.1, 0.15) is 17.7 Å². The fourth-order valence-electron chi connectivity index (χ4n) is 8.94. The molecule has 5 nitrogen and oxygen atoms in total. The van der Waals surface area contributed by atoms with Gasteiger partial charge >= 0.3 is 0 Å². The number of aryl methyl sites for hydroxylation is 1. The van der Waals surface area contributed by atoms with Gasteiger partial charge in [0.2, 0.25) is 5.95 Å². The lowest BCUT2D eigenvalue weighted by Crippen LogP contribution is -2.03. The monoisotopic (exact) mass is 704 g/mol. The van der Waals surface area contributed by atoms with Gasteiger partial charge in [0.1, 0.15) is 11.3 Å². The molecule has 7 aromatic carbocycles. The summed E-state index contributed by atoms with van der Waals surface area (Å²) in [5.41, 5.74) is 12.8. The molecule has 0 amide bonds. The van der Waals surface area contributed by atoms with Gasteiger partial charge in [-0.25, -0.2) is 9.97 Å². The third kappa shape index (κ3) is 4.41. The first-order valence-electron chi connectivity index (χ1n) is 18.9. The number of nitrogens with zero attached hydrogens (tertiary/aromatic N) is 4. The molecule has 0 aliphatic heterocycles. The minimum atomic E-state index is 0.627. The van der Waals surface area contributed by atoms with Crippen LogP contribution in [0.15, 0.2) is 168 Å². The van der Waals surface area contributed by atoms with Crippen molar-refractivity contribution >= 4 is 71.6 Å². The average molecular weight is 705 g/mol. The minimum absolute atomic E-state index is 0.627. The van der Waals surface area contributed by atoms with Crippen molar-refractivity contribution in [3.8, 4) is 34.0 Å². The molecule has 0 unspecified atom stereocenters. The Hall–Kier alpha value is -7.24. The zero-order valence-electron chi connectivity index (χ0n) is 29.8. The number of aromatic nitrogens is 4. The molecule has 4 heterocycles. The Balaban J connectivity index is 1.24. The predicted octanol–water partition coefficient (Wildman–Crippen LogP) is 12.9. The van der Waals surface area contributed by atoms with Crippen molar-refractivity contribution in [2.75, 3.05) is 0 Å². The smallest absolute Gasteiger partial charge is 0.235 e. The first-order chi connectivity index (χ1) is 27.3. The summed E-state index contributed by atoms with van der Waals surface area (Å²) in [4.78, 5) is 10.7. The molecule has 11 aromatic rings. The van der Waals surface area contributed by atoms with Crippen molar-refractivity contribution in [1.29, 1.82) is 0 Å². The molecule has 5 heteroatoms. The highest BCUT2D eigenvalue weighted by molar-refractivity contribution is 6.30. The number of hydrogen-bond donors (Lipinski definition) is 0. The molecule has 0 saturated heterocycles. The zero-order valence-corrected chi connectivity index (χ0v) is 29.8. The molecule has 0 N–H and O–H groups in total. The molecule has 4 aromatic heterocycles. The molecule has 0 bridgehead atoms. The SMILES string of the molecule is C1=Cc2c(oc3c2ccc2c3c3c(ccc4c5ccccc5n(-c5ccc(-c6ccccc6)cc5)c43)n2-c2nc(-c3ccccc3)c3ccccc3n2)CC1. The molecular formula is C50H32N4O. The van der Waals surface area contributed by atoms with E-state index < -0.39 is 0 Å². The predicted molar refractivity (Wildman–Crippen MR) is 226 cm³/mol. The quantitative estimate of drug-likeness (QED) is 0.183. The number of hydrogen-bond acceptors (Lipinski definition) is 3. The first kappa shape index (κ1) is 30.2. The number of furan rings is 1. The fourth-order valence-corrected chi connectivity index (χ4v) is 8.94. The van der Waals surface area contributed by atoms with Gasteiger partial charge in [0.05, 0.1) is 38.7 Å². The maximum atomic E-state index is 6.94. The van der Waals surface area contributed by atoms with E-state index in [0.29, 0.717) is 5.95 Å². The highest BCUT2D eigenvalue weighted by atomic mass is 16.3. The van der Waals surface area contributed by atoms with Crippen molar-refractivity contribution in [2.45, 2.75) is 12.8 Å². The lowest BCUT2D eigenvalue weighted by Gasteiger charge is -2.12. The third-order valence-corrected chi connectivity index (χ3v) is 11.4. The number of rotatable bonds is 4. The highest BCUT2D eigenvalue weighted by Crippen LogP contribution is 2.46. The van der Waals surface area contributed by atoms with Gasteiger partial charge in [0, 0.05) is 50.2 Å². The number of para-hydroxylation sites is 2. The van der Waals surface area contributed by atoms with Crippen molar-refractivity contribution in [3.63, 3.8) is 0 Å². The van der Waals surface area contributed by atoms with Crippen LogP contribution in [-0.2, 0) is 6.42 Å². The standard InChI is InChI=1S/C50H32N4O/c1-3-13-31(14-4-1)32-23-25-34(26-24-32)53-41-21-11-8-17-35(41)37-27-29-42-45(48(37)53)46-43(30-28-38-36-18-9-12-22-44(36)55-49(38)46)54(42)50-51-40-20-10-7-19-39(40)47(52-50)33-15-5-2-6-16-33/h1-11,13-21,23-30H,12,22H2. The molecule has 0 saturated carbocycles. The third-order valence-electron chi connectivity index (χ3n) is 11.4. The second-order valence-electron chi connectivity index (χ2n) is 14.4. The summed E-state index contributed by atoms with van der Waals surface area (Å²) in [5.74, 6) is 1.67. The molecule has 1 aliphatic rings. The van der Waals surface area contributed by atoms with E-state index >= 15 is 0 Å². The maximum Gasteiger partial charge on any atom is 0.235 e. The van der Waals surface area contributed by atoms with E-state index in [1.807, 2.05) is 6.07 Å². The highest BCUT2D eigenvalue weighted by Gasteiger charge is 2.26. The van der Waals surface area contributed by atoms with Gasteiger partial charge in [-0.15, -0.1) is 0 Å². The van der Waals surface area contributed by atoms with E-state index in [1.54, 1.807) is 0 Å². The van der Waals surface area contributed by atoms with Gasteiger partial charge < -0.3 is 8.98 Å². The van der Waals surface area contributed by atoms with Crippen LogP contribution in [0.5, 0.6) is 0 Å². The molecule has 0 spiro atoms. The summed E-state index contributed by atoms with van der Waals surface area (Å²) in [6.07, 6.45) is 6.35. The Morgan fingerprint density at radius 2 is 1.16 bits per heavy atom. The lowest BCUT2D eigenvalue weighted by molar-refractivity contribution is 0.549. The van der Waals surface area contributed by atoms with Crippen LogP contribution in [-0.4, -0.2) is 19.1 Å². The Bertz CT molecular complexity index is 3350. The van der Waals surface area contributed by atoms with E-state index in [9.17, 15) is 0 Å². The molecule has 12 rings (SSSR count). The van der Waals surface area contributed by atoms with Crippen molar-refractivity contribution in [3.05, 3.63) is 175 Å². The second kappa shape index (κ2) is 11.6. The van der Waals surface area contributed by atoms with Crippen molar-refractivity contribution in [2.24, 2.45) is 0 Å². The van der Waals surface area contributed by atoms with Gasteiger partial charge in [-0.3, -0.25) is 4.57 Å². The van der Waals surface area contributed by atoms with Gasteiger partial charge in [-0.1, -0.05) is 127 Å². The Labute approximate surface area is 316 Å². The van der Waals surface area contributed by atoms with Crippen LogP contribution >= 0.6 is 0 Å². The summed E-state index contributed by atoms with van der Waals surface area (Å²) >= 11 is 0. The van der Waals surface area contributed by atoms with Crippen LogP contribution in [0.3, 0.4) is 0 Å². The normalized spacial score (nSPS) is 12.9. The van der Waals surface area contributed by atoms with Crippen LogP contribution in [0.4, 0.5) is 0 Å². The van der Waals surface area contributed by atoms with Gasteiger partial charge in [-0.05, 0) is 60.0 Å². The molecule has 55 heavy (non-hydrogen) atoms. The van der Waals surface area contributed by atoms with Gasteiger partial charge in [-0.2, -0.15) is 0 Å². The van der Waals surface area contributed by atoms with E-state index in [2.05, 4.69) is 173 Å². The lowest BCUT2D eigenvalue weighted by atomic mass is 10.0. The summed E-state index contributed by atoms with van der Waals surface area (Å²) in [6, 6.07) is 56.0. The van der Waals surface area contributed by atoms with Gasteiger partial charge in [0.15, 0.2) is 0 Å². The van der Waals surface area contributed by atoms with E-state index in [1.165, 1.54) is 27.5 Å². The summed E-state index contributed by atoms with van der Waals surface area (Å²) < 4.78 is 11.6. The Kier molecular flexibility index (Phi) is 6.39. The summed E-state index contributed by atoms with van der Waals surface area (Å²) in [7, 11) is 0. The number of fused-ring (bicyclic) bond motifs is 12.